The average Bonchev–Trinajstić information content (AvgIpc) is 2.69. The summed E-state index contributed by atoms with van der Waals surface area (Å²) in [6.07, 6.45) is 0. The van der Waals surface area contributed by atoms with Gasteiger partial charge in [-0.2, -0.15) is 0 Å². The lowest BCUT2D eigenvalue weighted by Gasteiger charge is -2.36. The molecule has 0 saturated carbocycles. The Balaban J connectivity index is 1.46. The Labute approximate surface area is 168 Å². The minimum Gasteiger partial charge on any atom is -0.384 e. The normalized spacial score (nSPS) is 14.4. The van der Waals surface area contributed by atoms with Gasteiger partial charge in [-0.15, -0.1) is 0 Å². The van der Waals surface area contributed by atoms with Gasteiger partial charge in [0.05, 0.1) is 5.52 Å². The maximum atomic E-state index is 12.6. The number of carbonyl (C=O) groups is 1. The Hall–Kier alpha value is -2.99. The first-order chi connectivity index (χ1) is 13.5. The second kappa shape index (κ2) is 7.56. The third kappa shape index (κ3) is 3.82. The molecule has 1 aromatic heterocycles. The molecule has 1 fully saturated rings. The standard InChI is InChI=1S/C21H22ClN5O/c1-14-2-5-16(6-3-14)24-21(28)27-10-8-26(9-11-27)19-13-20(23)25-18-12-15(22)4-7-17(18)19/h2-7,12-13H,8-11H2,1H3,(H2,23,25)(H,24,28). The fourth-order valence-corrected chi connectivity index (χ4v) is 3.62. The first kappa shape index (κ1) is 18.4. The van der Waals surface area contributed by atoms with Crippen molar-refractivity contribution in [1.82, 2.24) is 9.88 Å². The molecular formula is C21H22ClN5O. The third-order valence-corrected chi connectivity index (χ3v) is 5.22. The van der Waals surface area contributed by atoms with E-state index in [-0.39, 0.29) is 6.03 Å². The largest absolute Gasteiger partial charge is 0.384 e. The lowest BCUT2D eigenvalue weighted by molar-refractivity contribution is 0.208. The Morgan fingerprint density at radius 2 is 1.79 bits per heavy atom. The maximum Gasteiger partial charge on any atom is 0.321 e. The van der Waals surface area contributed by atoms with Crippen molar-refractivity contribution in [3.63, 3.8) is 0 Å². The number of nitrogen functional groups attached to an aromatic ring is 1. The maximum absolute atomic E-state index is 12.6. The number of aromatic nitrogens is 1. The highest BCUT2D eigenvalue weighted by molar-refractivity contribution is 6.31. The summed E-state index contributed by atoms with van der Waals surface area (Å²) >= 11 is 6.09. The van der Waals surface area contributed by atoms with Gasteiger partial charge >= 0.3 is 6.03 Å². The zero-order chi connectivity index (χ0) is 19.7. The number of fused-ring (bicyclic) bond motifs is 1. The zero-order valence-electron chi connectivity index (χ0n) is 15.7. The van der Waals surface area contributed by atoms with Crippen LogP contribution in [-0.4, -0.2) is 42.1 Å². The molecule has 0 spiro atoms. The van der Waals surface area contributed by atoms with Crippen molar-refractivity contribution in [1.29, 1.82) is 0 Å². The number of anilines is 3. The van der Waals surface area contributed by atoms with Gasteiger partial charge in [0.15, 0.2) is 0 Å². The van der Waals surface area contributed by atoms with E-state index < -0.39 is 0 Å². The summed E-state index contributed by atoms with van der Waals surface area (Å²) < 4.78 is 0. The highest BCUT2D eigenvalue weighted by atomic mass is 35.5. The van der Waals surface area contributed by atoms with Gasteiger partial charge in [-0.1, -0.05) is 29.3 Å². The lowest BCUT2D eigenvalue weighted by atomic mass is 10.1. The number of amides is 2. The Kier molecular flexibility index (Phi) is 4.96. The summed E-state index contributed by atoms with van der Waals surface area (Å²) in [5, 5.41) is 4.61. The van der Waals surface area contributed by atoms with E-state index in [1.807, 2.05) is 60.4 Å². The molecule has 0 unspecified atom stereocenters. The Morgan fingerprint density at radius 3 is 2.50 bits per heavy atom. The second-order valence-corrected chi connectivity index (χ2v) is 7.43. The van der Waals surface area contributed by atoms with E-state index in [1.54, 1.807) is 0 Å². The smallest absolute Gasteiger partial charge is 0.321 e. The van der Waals surface area contributed by atoms with E-state index >= 15 is 0 Å². The summed E-state index contributed by atoms with van der Waals surface area (Å²) in [5.41, 5.74) is 9.78. The highest BCUT2D eigenvalue weighted by Gasteiger charge is 2.23. The molecule has 1 aliphatic rings. The van der Waals surface area contributed by atoms with E-state index in [0.717, 1.165) is 40.9 Å². The minimum absolute atomic E-state index is 0.0746. The van der Waals surface area contributed by atoms with E-state index in [4.69, 9.17) is 17.3 Å². The summed E-state index contributed by atoms with van der Waals surface area (Å²) in [7, 11) is 0. The fraction of sp³-hybridized carbons (Fsp3) is 0.238. The Bertz CT molecular complexity index is 1010. The van der Waals surface area contributed by atoms with E-state index in [9.17, 15) is 4.79 Å². The number of urea groups is 1. The van der Waals surface area contributed by atoms with Crippen LogP contribution in [0.5, 0.6) is 0 Å². The number of aryl methyl sites for hydroxylation is 1. The van der Waals surface area contributed by atoms with Gasteiger partial charge in [0.25, 0.3) is 0 Å². The molecule has 2 aromatic carbocycles. The van der Waals surface area contributed by atoms with Gasteiger partial charge in [0.1, 0.15) is 5.82 Å². The lowest BCUT2D eigenvalue weighted by Crippen LogP contribution is -2.50. The molecule has 1 aliphatic heterocycles. The number of rotatable bonds is 2. The Morgan fingerprint density at radius 1 is 1.07 bits per heavy atom. The van der Waals surface area contributed by atoms with Gasteiger partial charge < -0.3 is 20.9 Å². The van der Waals surface area contributed by atoms with Crippen LogP contribution >= 0.6 is 11.6 Å². The molecule has 1 saturated heterocycles. The van der Waals surface area contributed by atoms with Crippen LogP contribution in [0.3, 0.4) is 0 Å². The van der Waals surface area contributed by atoms with Crippen molar-refractivity contribution in [2.24, 2.45) is 0 Å². The van der Waals surface area contributed by atoms with Crippen LogP contribution in [0, 0.1) is 6.92 Å². The number of carbonyl (C=O) groups excluding carboxylic acids is 1. The van der Waals surface area contributed by atoms with Crippen molar-refractivity contribution in [3.8, 4) is 0 Å². The average molecular weight is 396 g/mol. The van der Waals surface area contributed by atoms with Crippen molar-refractivity contribution >= 4 is 45.7 Å². The van der Waals surface area contributed by atoms with Crippen LogP contribution in [0.2, 0.25) is 5.02 Å². The van der Waals surface area contributed by atoms with Crippen molar-refractivity contribution in [2.75, 3.05) is 42.1 Å². The molecule has 7 heteroatoms. The number of hydrogen-bond acceptors (Lipinski definition) is 4. The molecule has 2 heterocycles. The molecule has 0 aliphatic carbocycles. The fourth-order valence-electron chi connectivity index (χ4n) is 3.45. The minimum atomic E-state index is -0.0746. The summed E-state index contributed by atoms with van der Waals surface area (Å²) in [5.74, 6) is 0.462. The van der Waals surface area contributed by atoms with Crippen LogP contribution in [0.25, 0.3) is 10.9 Å². The number of hydrogen-bond donors (Lipinski definition) is 2. The van der Waals surface area contributed by atoms with Crippen LogP contribution in [0.1, 0.15) is 5.56 Å². The number of nitrogens with two attached hydrogens (primary N) is 1. The first-order valence-electron chi connectivity index (χ1n) is 9.23. The molecule has 28 heavy (non-hydrogen) atoms. The molecular weight excluding hydrogens is 374 g/mol. The predicted molar refractivity (Wildman–Crippen MR) is 115 cm³/mol. The van der Waals surface area contributed by atoms with Crippen molar-refractivity contribution in [3.05, 3.63) is 59.1 Å². The number of pyridine rings is 1. The quantitative estimate of drug-likeness (QED) is 0.684. The van der Waals surface area contributed by atoms with Gasteiger partial charge in [-0.3, -0.25) is 0 Å². The third-order valence-electron chi connectivity index (χ3n) is 4.98. The van der Waals surface area contributed by atoms with Crippen LogP contribution in [0.4, 0.5) is 22.0 Å². The first-order valence-corrected chi connectivity index (χ1v) is 9.61. The highest BCUT2D eigenvalue weighted by Crippen LogP contribution is 2.30. The molecule has 4 rings (SSSR count). The molecule has 2 amide bonds. The summed E-state index contributed by atoms with van der Waals surface area (Å²) in [4.78, 5) is 21.0. The van der Waals surface area contributed by atoms with Crippen molar-refractivity contribution in [2.45, 2.75) is 6.92 Å². The molecule has 3 N–H and O–H groups in total. The van der Waals surface area contributed by atoms with E-state index in [1.165, 1.54) is 0 Å². The number of nitrogens with one attached hydrogen (secondary N) is 1. The van der Waals surface area contributed by atoms with Gasteiger partial charge in [-0.05, 0) is 37.3 Å². The number of benzene rings is 2. The van der Waals surface area contributed by atoms with Crippen LogP contribution < -0.4 is 16.0 Å². The summed E-state index contributed by atoms with van der Waals surface area (Å²) in [6.45, 7) is 4.74. The van der Waals surface area contributed by atoms with Gasteiger partial charge in [0, 0.05) is 54.0 Å². The number of nitrogens with zero attached hydrogens (tertiary/aromatic N) is 3. The van der Waals surface area contributed by atoms with Crippen molar-refractivity contribution < 1.29 is 4.79 Å². The molecule has 144 valence electrons. The molecule has 3 aromatic rings. The molecule has 6 nitrogen and oxygen atoms in total. The molecule has 0 radical (unpaired) electrons. The van der Waals surface area contributed by atoms with Gasteiger partial charge in [0.2, 0.25) is 0 Å². The van der Waals surface area contributed by atoms with Gasteiger partial charge in [-0.25, -0.2) is 9.78 Å². The number of piperazine rings is 1. The monoisotopic (exact) mass is 395 g/mol. The predicted octanol–water partition coefficient (Wildman–Crippen LogP) is 4.13. The summed E-state index contributed by atoms with van der Waals surface area (Å²) in [6, 6.07) is 15.3. The number of halogens is 1. The molecule has 0 atom stereocenters. The van der Waals surface area contributed by atoms with Crippen LogP contribution in [0.15, 0.2) is 48.5 Å². The van der Waals surface area contributed by atoms with Crippen LogP contribution in [-0.2, 0) is 0 Å². The van der Waals surface area contributed by atoms with E-state index in [2.05, 4.69) is 15.2 Å². The second-order valence-electron chi connectivity index (χ2n) is 7.00. The van der Waals surface area contributed by atoms with E-state index in [0.29, 0.717) is 23.9 Å². The zero-order valence-corrected chi connectivity index (χ0v) is 16.4. The molecule has 0 bridgehead atoms. The SMILES string of the molecule is Cc1ccc(NC(=O)N2CCN(c3cc(N)nc4cc(Cl)ccc34)CC2)cc1. The topological polar surface area (TPSA) is 74.5 Å².